The number of nitro groups is 1. The van der Waals surface area contributed by atoms with Gasteiger partial charge in [0.2, 0.25) is 5.91 Å². The monoisotopic (exact) mass is 336 g/mol. The summed E-state index contributed by atoms with van der Waals surface area (Å²) in [5.41, 5.74) is 0.360. The van der Waals surface area contributed by atoms with E-state index in [0.29, 0.717) is 11.6 Å². The van der Waals surface area contributed by atoms with Crippen molar-refractivity contribution in [1.82, 2.24) is 0 Å². The van der Waals surface area contributed by atoms with Gasteiger partial charge in [0.05, 0.1) is 16.4 Å². The number of hydrogen-bond acceptors (Lipinski definition) is 4. The molecule has 1 heterocycles. The van der Waals surface area contributed by atoms with Crippen LogP contribution in [-0.2, 0) is 4.79 Å². The molecule has 0 unspecified atom stereocenters. The number of benzene rings is 2. The average molecular weight is 336 g/mol. The minimum atomic E-state index is -0.851. The van der Waals surface area contributed by atoms with Crippen LogP contribution in [0.1, 0.15) is 10.9 Å². The zero-order chi connectivity index (χ0) is 16.6. The van der Waals surface area contributed by atoms with E-state index in [4.69, 9.17) is 0 Å². The summed E-state index contributed by atoms with van der Waals surface area (Å²) in [6.45, 7) is 0. The van der Waals surface area contributed by atoms with E-state index < -0.39 is 21.9 Å². The quantitative estimate of drug-likeness (QED) is 0.634. The summed E-state index contributed by atoms with van der Waals surface area (Å²) in [6, 6.07) is 8.81. The van der Waals surface area contributed by atoms with Crippen molar-refractivity contribution in [2.45, 2.75) is 5.37 Å². The maximum atomic E-state index is 14.0. The Bertz CT molecular complexity index is 800. The van der Waals surface area contributed by atoms with Crippen LogP contribution in [0, 0.1) is 21.7 Å². The Morgan fingerprint density at radius 3 is 2.70 bits per heavy atom. The number of anilines is 1. The van der Waals surface area contributed by atoms with Gasteiger partial charge in [0, 0.05) is 18.2 Å². The summed E-state index contributed by atoms with van der Waals surface area (Å²) < 4.78 is 27.1. The maximum Gasteiger partial charge on any atom is 0.269 e. The fourth-order valence-electron chi connectivity index (χ4n) is 2.40. The maximum absolute atomic E-state index is 14.0. The van der Waals surface area contributed by atoms with Crippen LogP contribution in [0.2, 0.25) is 0 Å². The molecule has 2 aromatic rings. The lowest BCUT2D eigenvalue weighted by atomic mass is 10.1. The van der Waals surface area contributed by atoms with Crippen molar-refractivity contribution >= 4 is 29.0 Å². The Hall–Kier alpha value is -2.48. The molecule has 23 heavy (non-hydrogen) atoms. The molecule has 8 heteroatoms. The molecule has 2 aromatic carbocycles. The second-order valence-corrected chi connectivity index (χ2v) is 5.94. The summed E-state index contributed by atoms with van der Waals surface area (Å²) in [5, 5.41) is 10.3. The molecule has 5 nitrogen and oxygen atoms in total. The predicted molar refractivity (Wildman–Crippen MR) is 82.1 cm³/mol. The highest BCUT2D eigenvalue weighted by Crippen LogP contribution is 2.43. The van der Waals surface area contributed by atoms with E-state index in [0.717, 1.165) is 6.07 Å². The van der Waals surface area contributed by atoms with Crippen LogP contribution >= 0.6 is 11.8 Å². The van der Waals surface area contributed by atoms with Gasteiger partial charge in [-0.1, -0.05) is 12.1 Å². The summed E-state index contributed by atoms with van der Waals surface area (Å²) >= 11 is 1.23. The third kappa shape index (κ3) is 2.89. The number of amides is 1. The van der Waals surface area contributed by atoms with Crippen LogP contribution in [0.4, 0.5) is 20.2 Å². The third-order valence-corrected chi connectivity index (χ3v) is 4.62. The van der Waals surface area contributed by atoms with Crippen LogP contribution in [0.15, 0.2) is 42.5 Å². The molecule has 1 atom stereocenters. The fourth-order valence-corrected chi connectivity index (χ4v) is 3.56. The molecule has 0 radical (unpaired) electrons. The standard InChI is InChI=1S/C15H10F2N2O3S/c16-10-4-5-13(12(17)7-10)18-14(20)8-23-15(18)9-2-1-3-11(6-9)19(21)22/h1-7,15H,8H2/t15-/m0/s1. The first-order valence-corrected chi connectivity index (χ1v) is 7.65. The SMILES string of the molecule is O=C1CS[C@@H](c2cccc([N+](=O)[O-])c2)N1c1ccc(F)cc1F. The first kappa shape index (κ1) is 15.4. The molecule has 1 aliphatic heterocycles. The molecular weight excluding hydrogens is 326 g/mol. The van der Waals surface area contributed by atoms with E-state index in [1.54, 1.807) is 6.07 Å². The predicted octanol–water partition coefficient (Wildman–Crippen LogP) is 3.65. The summed E-state index contributed by atoms with van der Waals surface area (Å²) in [6.07, 6.45) is 0. The van der Waals surface area contributed by atoms with Crippen molar-refractivity contribution < 1.29 is 18.5 Å². The van der Waals surface area contributed by atoms with Gasteiger partial charge < -0.3 is 0 Å². The molecule has 0 saturated carbocycles. The van der Waals surface area contributed by atoms with Crippen LogP contribution < -0.4 is 4.90 Å². The van der Waals surface area contributed by atoms with E-state index in [9.17, 15) is 23.7 Å². The fraction of sp³-hybridized carbons (Fsp3) is 0.133. The van der Waals surface area contributed by atoms with Gasteiger partial charge in [-0.05, 0) is 17.7 Å². The molecule has 0 aliphatic carbocycles. The summed E-state index contributed by atoms with van der Waals surface area (Å²) in [5.74, 6) is -1.81. The third-order valence-electron chi connectivity index (χ3n) is 3.40. The van der Waals surface area contributed by atoms with E-state index in [-0.39, 0.29) is 23.0 Å². The van der Waals surface area contributed by atoms with Gasteiger partial charge in [-0.2, -0.15) is 0 Å². The van der Waals surface area contributed by atoms with Gasteiger partial charge >= 0.3 is 0 Å². The Kier molecular flexibility index (Phi) is 3.99. The first-order chi connectivity index (χ1) is 11.0. The lowest BCUT2D eigenvalue weighted by Gasteiger charge is -2.24. The van der Waals surface area contributed by atoms with Gasteiger partial charge in [-0.15, -0.1) is 11.8 Å². The highest BCUT2D eigenvalue weighted by atomic mass is 32.2. The molecule has 1 saturated heterocycles. The van der Waals surface area contributed by atoms with Gasteiger partial charge in [0.25, 0.3) is 5.69 Å². The van der Waals surface area contributed by atoms with Crippen LogP contribution in [0.3, 0.4) is 0 Å². The molecule has 0 spiro atoms. The molecule has 1 fully saturated rings. The molecule has 0 aromatic heterocycles. The van der Waals surface area contributed by atoms with E-state index in [1.165, 1.54) is 40.9 Å². The van der Waals surface area contributed by atoms with E-state index in [1.807, 2.05) is 0 Å². The lowest BCUT2D eigenvalue weighted by Crippen LogP contribution is -2.28. The molecule has 1 amide bonds. The molecule has 3 rings (SSSR count). The second kappa shape index (κ2) is 5.96. The Labute approximate surface area is 134 Å². The summed E-state index contributed by atoms with van der Waals surface area (Å²) in [7, 11) is 0. The number of halogens is 2. The van der Waals surface area contributed by atoms with Crippen molar-refractivity contribution in [2.24, 2.45) is 0 Å². The average Bonchev–Trinajstić information content (AvgIpc) is 2.89. The van der Waals surface area contributed by atoms with E-state index >= 15 is 0 Å². The lowest BCUT2D eigenvalue weighted by molar-refractivity contribution is -0.384. The summed E-state index contributed by atoms with van der Waals surface area (Å²) in [4.78, 5) is 23.7. The minimum Gasteiger partial charge on any atom is -0.292 e. The number of nitro benzene ring substituents is 1. The van der Waals surface area contributed by atoms with Gasteiger partial charge in [0.1, 0.15) is 17.0 Å². The van der Waals surface area contributed by atoms with Crippen molar-refractivity contribution in [1.29, 1.82) is 0 Å². The zero-order valence-corrected chi connectivity index (χ0v) is 12.4. The molecular formula is C15H10F2N2O3S. The van der Waals surface area contributed by atoms with Crippen molar-refractivity contribution in [3.05, 3.63) is 69.8 Å². The van der Waals surface area contributed by atoms with Crippen molar-refractivity contribution in [3.8, 4) is 0 Å². The van der Waals surface area contributed by atoms with Crippen molar-refractivity contribution in [3.63, 3.8) is 0 Å². The topological polar surface area (TPSA) is 63.4 Å². The van der Waals surface area contributed by atoms with Gasteiger partial charge in [0.15, 0.2) is 0 Å². The number of non-ortho nitro benzene ring substituents is 1. The smallest absolute Gasteiger partial charge is 0.269 e. The number of carbonyl (C=O) groups is 1. The largest absolute Gasteiger partial charge is 0.292 e. The zero-order valence-electron chi connectivity index (χ0n) is 11.6. The molecule has 118 valence electrons. The minimum absolute atomic E-state index is 0.0436. The normalized spacial score (nSPS) is 17.6. The van der Waals surface area contributed by atoms with Crippen LogP contribution in [-0.4, -0.2) is 16.6 Å². The molecule has 0 N–H and O–H groups in total. The van der Waals surface area contributed by atoms with Crippen LogP contribution in [0.5, 0.6) is 0 Å². The number of rotatable bonds is 3. The second-order valence-electron chi connectivity index (χ2n) is 4.87. The highest BCUT2D eigenvalue weighted by Gasteiger charge is 2.36. The molecule has 1 aliphatic rings. The molecule has 0 bridgehead atoms. The number of nitrogens with zero attached hydrogens (tertiary/aromatic N) is 2. The Morgan fingerprint density at radius 2 is 2.00 bits per heavy atom. The van der Waals surface area contributed by atoms with Crippen molar-refractivity contribution in [2.75, 3.05) is 10.7 Å². The van der Waals surface area contributed by atoms with Crippen LogP contribution in [0.25, 0.3) is 0 Å². The first-order valence-electron chi connectivity index (χ1n) is 6.60. The highest BCUT2D eigenvalue weighted by molar-refractivity contribution is 8.00. The van der Waals surface area contributed by atoms with E-state index in [2.05, 4.69) is 0 Å². The van der Waals surface area contributed by atoms with Gasteiger partial charge in [-0.25, -0.2) is 8.78 Å². The Morgan fingerprint density at radius 1 is 1.22 bits per heavy atom. The number of thioether (sulfide) groups is 1. The Balaban J connectivity index is 2.03. The number of hydrogen-bond donors (Lipinski definition) is 0. The number of carbonyl (C=O) groups excluding carboxylic acids is 1. The van der Waals surface area contributed by atoms with Gasteiger partial charge in [-0.3, -0.25) is 19.8 Å².